The molecular weight excluding hydrogens is 410 g/mol. The number of nitrogens with zero attached hydrogens (tertiary/aromatic N) is 6. The number of H-pyrrole nitrogens is 1. The summed E-state index contributed by atoms with van der Waals surface area (Å²) in [6, 6.07) is 16.9. The van der Waals surface area contributed by atoms with Crippen molar-refractivity contribution in [2.24, 2.45) is 0 Å². The van der Waals surface area contributed by atoms with Crippen molar-refractivity contribution in [2.75, 3.05) is 0 Å². The van der Waals surface area contributed by atoms with E-state index in [0.29, 0.717) is 11.7 Å². The Morgan fingerprint density at radius 3 is 2.48 bits per heavy atom. The quantitative estimate of drug-likeness (QED) is 0.387. The lowest BCUT2D eigenvalue weighted by molar-refractivity contribution is 0.425. The van der Waals surface area contributed by atoms with Crippen LogP contribution < -0.4 is 0 Å². The SMILES string of the molecule is CCCCn1nc(C2CCCCC2)nc1Cc1ccc(-c2ccccc2-c2nn[nH]n2)cc1. The summed E-state index contributed by atoms with van der Waals surface area (Å²) in [6.45, 7) is 3.17. The number of rotatable bonds is 8. The van der Waals surface area contributed by atoms with Crippen molar-refractivity contribution in [3.8, 4) is 22.5 Å². The van der Waals surface area contributed by atoms with E-state index in [1.807, 2.05) is 18.2 Å². The second-order valence-electron chi connectivity index (χ2n) is 8.95. The summed E-state index contributed by atoms with van der Waals surface area (Å²) in [5.74, 6) is 3.29. The monoisotopic (exact) mass is 441 g/mol. The minimum atomic E-state index is 0.532. The van der Waals surface area contributed by atoms with Crippen LogP contribution in [0, 0.1) is 0 Å². The largest absolute Gasteiger partial charge is 0.249 e. The van der Waals surface area contributed by atoms with Crippen molar-refractivity contribution in [3.05, 3.63) is 65.7 Å². The van der Waals surface area contributed by atoms with Gasteiger partial charge in [0.25, 0.3) is 0 Å². The highest BCUT2D eigenvalue weighted by molar-refractivity contribution is 5.80. The Hall–Kier alpha value is -3.35. The van der Waals surface area contributed by atoms with E-state index in [1.165, 1.54) is 37.7 Å². The molecule has 170 valence electrons. The fourth-order valence-corrected chi connectivity index (χ4v) is 4.74. The zero-order valence-electron chi connectivity index (χ0n) is 19.2. The Labute approximate surface area is 194 Å². The summed E-state index contributed by atoms with van der Waals surface area (Å²) < 4.78 is 2.16. The highest BCUT2D eigenvalue weighted by Crippen LogP contribution is 2.32. The van der Waals surface area contributed by atoms with Crippen LogP contribution >= 0.6 is 0 Å². The highest BCUT2D eigenvalue weighted by Gasteiger charge is 2.21. The molecule has 7 nitrogen and oxygen atoms in total. The summed E-state index contributed by atoms with van der Waals surface area (Å²) in [5, 5.41) is 19.5. The van der Waals surface area contributed by atoms with Crippen molar-refractivity contribution in [1.29, 1.82) is 0 Å². The first kappa shape index (κ1) is 21.5. The molecule has 0 aliphatic heterocycles. The third-order valence-corrected chi connectivity index (χ3v) is 6.60. The van der Waals surface area contributed by atoms with Crippen LogP contribution in [-0.2, 0) is 13.0 Å². The molecule has 0 atom stereocenters. The molecule has 0 saturated heterocycles. The van der Waals surface area contributed by atoms with Gasteiger partial charge in [-0.2, -0.15) is 10.3 Å². The number of nitrogens with one attached hydrogen (secondary N) is 1. The van der Waals surface area contributed by atoms with Gasteiger partial charge in [-0.25, -0.2) is 9.67 Å². The number of aromatic nitrogens is 7. The van der Waals surface area contributed by atoms with Crippen LogP contribution in [0.4, 0.5) is 0 Å². The highest BCUT2D eigenvalue weighted by atomic mass is 15.5. The van der Waals surface area contributed by atoms with E-state index in [2.05, 4.69) is 62.6 Å². The van der Waals surface area contributed by atoms with Crippen molar-refractivity contribution >= 4 is 0 Å². The first-order chi connectivity index (χ1) is 16.3. The molecular formula is C26H31N7. The predicted molar refractivity (Wildman–Crippen MR) is 129 cm³/mol. The van der Waals surface area contributed by atoms with Gasteiger partial charge >= 0.3 is 0 Å². The number of benzene rings is 2. The minimum absolute atomic E-state index is 0.532. The molecule has 2 aromatic carbocycles. The van der Waals surface area contributed by atoms with Crippen molar-refractivity contribution in [1.82, 2.24) is 35.4 Å². The fourth-order valence-electron chi connectivity index (χ4n) is 4.74. The summed E-state index contributed by atoms with van der Waals surface area (Å²) in [7, 11) is 0. The first-order valence-corrected chi connectivity index (χ1v) is 12.2. The van der Waals surface area contributed by atoms with E-state index in [0.717, 1.165) is 54.1 Å². The Morgan fingerprint density at radius 1 is 0.970 bits per heavy atom. The Kier molecular flexibility index (Phi) is 6.56. The maximum Gasteiger partial charge on any atom is 0.205 e. The molecule has 0 radical (unpaired) electrons. The number of aryl methyl sites for hydroxylation is 1. The lowest BCUT2D eigenvalue weighted by Gasteiger charge is -2.18. The second-order valence-corrected chi connectivity index (χ2v) is 8.95. The standard InChI is InChI=1S/C26H31N7/c1-2-3-17-33-24(27-25(30-33)21-9-5-4-6-10-21)18-19-13-15-20(16-14-19)22-11-7-8-12-23(22)26-28-31-32-29-26/h7-8,11-16,21H,2-6,9-10,17-18H2,1H3,(H,28,29,31,32). The van der Waals surface area contributed by atoms with Gasteiger partial charge in [0, 0.05) is 24.4 Å². The minimum Gasteiger partial charge on any atom is -0.249 e. The van der Waals surface area contributed by atoms with Crippen molar-refractivity contribution in [3.63, 3.8) is 0 Å². The molecule has 7 heteroatoms. The van der Waals surface area contributed by atoms with Gasteiger partial charge < -0.3 is 0 Å². The van der Waals surface area contributed by atoms with Gasteiger partial charge in [0.2, 0.25) is 5.82 Å². The van der Waals surface area contributed by atoms with E-state index >= 15 is 0 Å². The first-order valence-electron chi connectivity index (χ1n) is 12.2. The third-order valence-electron chi connectivity index (χ3n) is 6.60. The van der Waals surface area contributed by atoms with Crippen molar-refractivity contribution in [2.45, 2.75) is 70.8 Å². The molecule has 1 fully saturated rings. The number of hydrogen-bond donors (Lipinski definition) is 1. The zero-order chi connectivity index (χ0) is 22.5. The van der Waals surface area contributed by atoms with Crippen LogP contribution in [-0.4, -0.2) is 35.4 Å². The van der Waals surface area contributed by atoms with Crippen LogP contribution in [0.15, 0.2) is 48.5 Å². The van der Waals surface area contributed by atoms with Gasteiger partial charge in [0.05, 0.1) is 0 Å². The molecule has 5 rings (SSSR count). The molecule has 1 aliphatic rings. The molecule has 1 N–H and O–H groups in total. The number of tetrazole rings is 1. The smallest absolute Gasteiger partial charge is 0.205 e. The number of aromatic amines is 1. The summed E-state index contributed by atoms with van der Waals surface area (Å²) in [4.78, 5) is 5.04. The normalized spacial score (nSPS) is 14.6. The van der Waals surface area contributed by atoms with Gasteiger partial charge in [-0.15, -0.1) is 10.2 Å². The summed E-state index contributed by atoms with van der Waals surface area (Å²) in [5.41, 5.74) is 4.44. The second kappa shape index (κ2) is 10.1. The lowest BCUT2D eigenvalue weighted by Crippen LogP contribution is -2.08. The van der Waals surface area contributed by atoms with E-state index in [1.54, 1.807) is 0 Å². The van der Waals surface area contributed by atoms with Gasteiger partial charge in [0.1, 0.15) is 5.82 Å². The topological polar surface area (TPSA) is 85.2 Å². The molecule has 1 aliphatic carbocycles. The van der Waals surface area contributed by atoms with Gasteiger partial charge in [-0.1, -0.05) is 81.1 Å². The molecule has 2 aromatic heterocycles. The van der Waals surface area contributed by atoms with Crippen LogP contribution in [0.3, 0.4) is 0 Å². The Morgan fingerprint density at radius 2 is 1.76 bits per heavy atom. The Balaban J connectivity index is 1.38. The molecule has 0 amide bonds. The molecule has 33 heavy (non-hydrogen) atoms. The van der Waals surface area contributed by atoms with E-state index in [9.17, 15) is 0 Å². The van der Waals surface area contributed by atoms with Crippen molar-refractivity contribution < 1.29 is 0 Å². The van der Waals surface area contributed by atoms with Crippen LogP contribution in [0.25, 0.3) is 22.5 Å². The summed E-state index contributed by atoms with van der Waals surface area (Å²) >= 11 is 0. The third kappa shape index (κ3) is 4.87. The van der Waals surface area contributed by atoms with Crippen LogP contribution in [0.2, 0.25) is 0 Å². The fraction of sp³-hybridized carbons (Fsp3) is 0.423. The molecule has 0 bridgehead atoms. The van der Waals surface area contributed by atoms with Crippen LogP contribution in [0.5, 0.6) is 0 Å². The molecule has 2 heterocycles. The average molecular weight is 442 g/mol. The Bertz CT molecular complexity index is 1160. The predicted octanol–water partition coefficient (Wildman–Crippen LogP) is 5.56. The summed E-state index contributed by atoms with van der Waals surface area (Å²) in [6.07, 6.45) is 9.50. The number of hydrogen-bond acceptors (Lipinski definition) is 5. The van der Waals surface area contributed by atoms with Gasteiger partial charge in [-0.05, 0) is 41.2 Å². The van der Waals surface area contributed by atoms with E-state index in [-0.39, 0.29) is 0 Å². The maximum atomic E-state index is 5.04. The zero-order valence-corrected chi connectivity index (χ0v) is 19.2. The van der Waals surface area contributed by atoms with E-state index in [4.69, 9.17) is 10.1 Å². The molecule has 0 unspecified atom stereocenters. The average Bonchev–Trinajstić information content (AvgIpc) is 3.54. The molecule has 4 aromatic rings. The van der Waals surface area contributed by atoms with Crippen LogP contribution in [0.1, 0.15) is 75.0 Å². The van der Waals surface area contributed by atoms with Gasteiger partial charge in [-0.3, -0.25) is 0 Å². The lowest BCUT2D eigenvalue weighted by atomic mass is 9.89. The van der Waals surface area contributed by atoms with E-state index < -0.39 is 0 Å². The molecule has 0 spiro atoms. The number of unbranched alkanes of at least 4 members (excludes halogenated alkanes) is 1. The maximum absolute atomic E-state index is 5.04. The molecule has 1 saturated carbocycles. The van der Waals surface area contributed by atoms with Gasteiger partial charge in [0.15, 0.2) is 5.82 Å².